The third-order valence-corrected chi connectivity index (χ3v) is 7.91. The molecular formula is C29H35N3O4S. The molecule has 0 aromatic heterocycles. The van der Waals surface area contributed by atoms with Gasteiger partial charge in [-0.1, -0.05) is 72.6 Å². The number of rotatable bonds is 11. The van der Waals surface area contributed by atoms with E-state index in [1.54, 1.807) is 49.4 Å². The first-order valence-corrected chi connectivity index (χ1v) is 13.8. The van der Waals surface area contributed by atoms with Gasteiger partial charge in [0.2, 0.25) is 11.8 Å². The number of carbonyl (C=O) groups excluding carboxylic acids is 2. The number of amides is 2. The fourth-order valence-corrected chi connectivity index (χ4v) is 5.26. The number of anilines is 1. The zero-order valence-electron chi connectivity index (χ0n) is 21.8. The fourth-order valence-electron chi connectivity index (χ4n) is 3.83. The smallest absolute Gasteiger partial charge is 0.264 e. The standard InChI is InChI=1S/C29H35N3O4S/c1-5-19-30-29(34)24(4)31(20-25-15-11-22(2)12-16-25)28(33)21-32(26-17-13-23(3)14-18-26)37(35,36)27-9-7-6-8-10-27/h6-18,24H,5,19-21H2,1-4H3,(H,30,34)/t24-/m1/s1. The molecule has 3 aromatic rings. The van der Waals surface area contributed by atoms with Crippen molar-refractivity contribution in [2.75, 3.05) is 17.4 Å². The molecule has 0 heterocycles. The fraction of sp³-hybridized carbons (Fsp3) is 0.310. The maximum absolute atomic E-state index is 13.8. The van der Waals surface area contributed by atoms with Crippen LogP contribution in [0.3, 0.4) is 0 Å². The minimum absolute atomic E-state index is 0.0854. The van der Waals surface area contributed by atoms with Crippen molar-refractivity contribution in [1.29, 1.82) is 0 Å². The number of aryl methyl sites for hydroxylation is 2. The van der Waals surface area contributed by atoms with E-state index >= 15 is 0 Å². The highest BCUT2D eigenvalue weighted by molar-refractivity contribution is 7.92. The SMILES string of the molecule is CCCNC(=O)[C@@H](C)N(Cc1ccc(C)cc1)C(=O)CN(c1ccc(C)cc1)S(=O)(=O)c1ccccc1. The van der Waals surface area contributed by atoms with Crippen molar-refractivity contribution in [3.05, 3.63) is 95.6 Å². The van der Waals surface area contributed by atoms with Crippen LogP contribution in [0.4, 0.5) is 5.69 Å². The number of carbonyl (C=O) groups is 2. The van der Waals surface area contributed by atoms with Crippen molar-refractivity contribution in [2.24, 2.45) is 0 Å². The minimum atomic E-state index is -4.05. The van der Waals surface area contributed by atoms with E-state index in [-0.39, 0.29) is 17.3 Å². The molecule has 0 bridgehead atoms. The molecule has 0 radical (unpaired) electrons. The van der Waals surface area contributed by atoms with Crippen molar-refractivity contribution in [3.8, 4) is 0 Å². The van der Waals surface area contributed by atoms with Crippen molar-refractivity contribution >= 4 is 27.5 Å². The Hall–Kier alpha value is -3.65. The molecule has 0 saturated heterocycles. The molecule has 7 nitrogen and oxygen atoms in total. The van der Waals surface area contributed by atoms with Gasteiger partial charge in [0.15, 0.2) is 0 Å². The normalized spacial score (nSPS) is 12.0. The summed E-state index contributed by atoms with van der Waals surface area (Å²) in [6, 6.07) is 21.9. The summed E-state index contributed by atoms with van der Waals surface area (Å²) in [6.45, 7) is 7.72. The molecule has 0 aliphatic heterocycles. The van der Waals surface area contributed by atoms with E-state index in [1.807, 2.05) is 45.0 Å². The molecule has 2 amide bonds. The Balaban J connectivity index is 1.99. The lowest BCUT2D eigenvalue weighted by atomic mass is 10.1. The number of sulfonamides is 1. The van der Waals surface area contributed by atoms with Crippen LogP contribution >= 0.6 is 0 Å². The van der Waals surface area contributed by atoms with Crippen molar-refractivity contribution in [2.45, 2.75) is 51.6 Å². The van der Waals surface area contributed by atoms with Gasteiger partial charge >= 0.3 is 0 Å². The van der Waals surface area contributed by atoms with E-state index in [0.29, 0.717) is 12.2 Å². The van der Waals surface area contributed by atoms with E-state index in [1.165, 1.54) is 17.0 Å². The van der Waals surface area contributed by atoms with E-state index in [2.05, 4.69) is 5.32 Å². The van der Waals surface area contributed by atoms with Gasteiger partial charge in [-0.15, -0.1) is 0 Å². The maximum atomic E-state index is 13.8. The summed E-state index contributed by atoms with van der Waals surface area (Å²) in [6.07, 6.45) is 0.765. The van der Waals surface area contributed by atoms with Gasteiger partial charge in [0, 0.05) is 13.1 Å². The van der Waals surface area contributed by atoms with E-state index in [9.17, 15) is 18.0 Å². The summed E-state index contributed by atoms with van der Waals surface area (Å²) in [7, 11) is -4.05. The molecule has 0 saturated carbocycles. The number of nitrogens with zero attached hydrogens (tertiary/aromatic N) is 2. The van der Waals surface area contributed by atoms with Crippen LogP contribution in [0.2, 0.25) is 0 Å². The summed E-state index contributed by atoms with van der Waals surface area (Å²) in [5.74, 6) is -0.755. The number of nitrogens with one attached hydrogen (secondary N) is 1. The van der Waals surface area contributed by atoms with Crippen LogP contribution in [-0.2, 0) is 26.2 Å². The van der Waals surface area contributed by atoms with Crippen LogP contribution in [0, 0.1) is 13.8 Å². The van der Waals surface area contributed by atoms with Gasteiger partial charge in [0.25, 0.3) is 10.0 Å². The van der Waals surface area contributed by atoms with Crippen molar-refractivity contribution in [1.82, 2.24) is 10.2 Å². The quantitative estimate of drug-likeness (QED) is 0.404. The predicted molar refractivity (Wildman–Crippen MR) is 147 cm³/mol. The highest BCUT2D eigenvalue weighted by atomic mass is 32.2. The van der Waals surface area contributed by atoms with Crippen LogP contribution in [0.15, 0.2) is 83.8 Å². The maximum Gasteiger partial charge on any atom is 0.264 e. The summed E-state index contributed by atoms with van der Waals surface area (Å²) >= 11 is 0. The molecule has 196 valence electrons. The molecule has 3 aromatic carbocycles. The lowest BCUT2D eigenvalue weighted by Gasteiger charge is -2.32. The first-order valence-electron chi connectivity index (χ1n) is 12.4. The third kappa shape index (κ3) is 7.20. The molecule has 3 rings (SSSR count). The minimum Gasteiger partial charge on any atom is -0.354 e. The van der Waals surface area contributed by atoms with Crippen LogP contribution in [-0.4, -0.2) is 44.3 Å². The Morgan fingerprint density at radius 3 is 2.00 bits per heavy atom. The second kappa shape index (κ2) is 12.5. The Morgan fingerprint density at radius 1 is 0.865 bits per heavy atom. The molecule has 0 spiro atoms. The second-order valence-corrected chi connectivity index (χ2v) is 11.0. The average molecular weight is 522 g/mol. The zero-order valence-corrected chi connectivity index (χ0v) is 22.7. The van der Waals surface area contributed by atoms with E-state index < -0.39 is 28.5 Å². The molecule has 0 unspecified atom stereocenters. The first-order chi connectivity index (χ1) is 17.6. The van der Waals surface area contributed by atoms with Gasteiger partial charge in [-0.05, 0) is 57.0 Å². The Labute approximate surface area is 220 Å². The molecular weight excluding hydrogens is 486 g/mol. The summed E-state index contributed by atoms with van der Waals surface area (Å²) < 4.78 is 28.5. The molecule has 0 aliphatic rings. The molecule has 1 atom stereocenters. The van der Waals surface area contributed by atoms with Crippen LogP contribution in [0.25, 0.3) is 0 Å². The summed E-state index contributed by atoms with van der Waals surface area (Å²) in [4.78, 5) is 28.2. The molecule has 37 heavy (non-hydrogen) atoms. The zero-order chi connectivity index (χ0) is 27.0. The van der Waals surface area contributed by atoms with Gasteiger partial charge < -0.3 is 10.2 Å². The summed E-state index contributed by atoms with van der Waals surface area (Å²) in [5.41, 5.74) is 3.27. The van der Waals surface area contributed by atoms with Gasteiger partial charge in [-0.3, -0.25) is 13.9 Å². The topological polar surface area (TPSA) is 86.8 Å². The van der Waals surface area contributed by atoms with Gasteiger partial charge in [0.05, 0.1) is 10.6 Å². The van der Waals surface area contributed by atoms with Crippen molar-refractivity contribution < 1.29 is 18.0 Å². The lowest BCUT2D eigenvalue weighted by molar-refractivity contribution is -0.139. The number of benzene rings is 3. The number of hydrogen-bond donors (Lipinski definition) is 1. The lowest BCUT2D eigenvalue weighted by Crippen LogP contribution is -2.51. The summed E-state index contributed by atoms with van der Waals surface area (Å²) in [5, 5.41) is 2.84. The number of hydrogen-bond acceptors (Lipinski definition) is 4. The van der Waals surface area contributed by atoms with Crippen LogP contribution < -0.4 is 9.62 Å². The Morgan fingerprint density at radius 2 is 1.43 bits per heavy atom. The largest absolute Gasteiger partial charge is 0.354 e. The van der Waals surface area contributed by atoms with E-state index in [0.717, 1.165) is 27.4 Å². The molecule has 1 N–H and O–H groups in total. The Bertz CT molecular complexity index is 1290. The van der Waals surface area contributed by atoms with Crippen molar-refractivity contribution in [3.63, 3.8) is 0 Å². The van der Waals surface area contributed by atoms with Gasteiger partial charge in [0.1, 0.15) is 12.6 Å². The van der Waals surface area contributed by atoms with E-state index in [4.69, 9.17) is 0 Å². The van der Waals surface area contributed by atoms with Crippen LogP contribution in [0.5, 0.6) is 0 Å². The average Bonchev–Trinajstić information content (AvgIpc) is 2.90. The highest BCUT2D eigenvalue weighted by Crippen LogP contribution is 2.25. The van der Waals surface area contributed by atoms with Gasteiger partial charge in [-0.25, -0.2) is 8.42 Å². The predicted octanol–water partition coefficient (Wildman–Crippen LogP) is 4.44. The van der Waals surface area contributed by atoms with Gasteiger partial charge in [-0.2, -0.15) is 0 Å². The van der Waals surface area contributed by atoms with Crippen LogP contribution in [0.1, 0.15) is 37.0 Å². The first kappa shape index (κ1) is 27.9. The molecule has 0 fully saturated rings. The second-order valence-electron chi connectivity index (χ2n) is 9.13. The Kier molecular flexibility index (Phi) is 9.47. The molecule has 0 aliphatic carbocycles. The molecule has 8 heteroatoms. The highest BCUT2D eigenvalue weighted by Gasteiger charge is 2.32. The monoisotopic (exact) mass is 521 g/mol. The third-order valence-electron chi connectivity index (χ3n) is 6.12.